The van der Waals surface area contributed by atoms with Crippen LogP contribution in [-0.4, -0.2) is 18.5 Å². The van der Waals surface area contributed by atoms with Crippen molar-refractivity contribution in [3.05, 3.63) is 39.6 Å². The van der Waals surface area contributed by atoms with Gasteiger partial charge < -0.3 is 4.90 Å². The lowest BCUT2D eigenvalue weighted by Gasteiger charge is -2.22. The van der Waals surface area contributed by atoms with E-state index in [-0.39, 0.29) is 0 Å². The van der Waals surface area contributed by atoms with Crippen molar-refractivity contribution in [2.24, 2.45) is 0 Å². The van der Waals surface area contributed by atoms with Crippen molar-refractivity contribution in [3.8, 4) is 0 Å². The number of thiophene rings is 1. The summed E-state index contributed by atoms with van der Waals surface area (Å²) < 4.78 is 0. The van der Waals surface area contributed by atoms with Crippen molar-refractivity contribution in [3.63, 3.8) is 0 Å². The molecule has 1 aromatic rings. The Morgan fingerprint density at radius 2 is 2.31 bits per heavy atom. The van der Waals surface area contributed by atoms with E-state index >= 15 is 0 Å². The molecule has 0 spiro atoms. The first-order valence-corrected chi connectivity index (χ1v) is 6.69. The topological polar surface area (TPSA) is 3.24 Å². The molecule has 0 aromatic carbocycles. The second-order valence-electron chi connectivity index (χ2n) is 4.28. The highest BCUT2D eigenvalue weighted by Crippen LogP contribution is 2.34. The van der Waals surface area contributed by atoms with Gasteiger partial charge in [0.25, 0.3) is 0 Å². The highest BCUT2D eigenvalue weighted by atomic mass is 32.1. The number of fused-ring (bicyclic) bond motifs is 1. The van der Waals surface area contributed by atoms with E-state index in [1.165, 1.54) is 17.8 Å². The minimum atomic E-state index is 1.12. The summed E-state index contributed by atoms with van der Waals surface area (Å²) in [6.45, 7) is 8.31. The zero-order valence-electron chi connectivity index (χ0n) is 10.1. The average molecular weight is 233 g/mol. The third-order valence-corrected chi connectivity index (χ3v) is 4.35. The molecule has 0 bridgehead atoms. The first kappa shape index (κ1) is 11.6. The lowest BCUT2D eigenvalue weighted by atomic mass is 10.00. The molecule has 0 saturated heterocycles. The summed E-state index contributed by atoms with van der Waals surface area (Å²) in [5.41, 5.74) is 3.18. The maximum absolute atomic E-state index is 3.73. The van der Waals surface area contributed by atoms with Crippen molar-refractivity contribution in [2.45, 2.75) is 26.3 Å². The Hall–Kier alpha value is -0.860. The van der Waals surface area contributed by atoms with Gasteiger partial charge in [0.15, 0.2) is 0 Å². The number of allylic oxidation sites excluding steroid dienone is 2. The predicted molar refractivity (Wildman–Crippen MR) is 73.0 cm³/mol. The fourth-order valence-electron chi connectivity index (χ4n) is 2.30. The van der Waals surface area contributed by atoms with Crippen molar-refractivity contribution < 1.29 is 0 Å². The molecule has 0 aliphatic carbocycles. The van der Waals surface area contributed by atoms with E-state index in [2.05, 4.69) is 31.5 Å². The molecule has 16 heavy (non-hydrogen) atoms. The molecule has 1 aromatic heterocycles. The van der Waals surface area contributed by atoms with Gasteiger partial charge in [0.1, 0.15) is 0 Å². The number of likely N-dealkylation sites (N-methyl/N-ethyl adjacent to an activating group) is 1. The Kier molecular flexibility index (Phi) is 3.62. The standard InChI is InChI=1S/C14H19NS/c1-4-6-7-13-11(5-2)12-8-9-15(3)10-14(12)16-13/h4,6-7H,1,5,8-10H2,2-3H3. The minimum Gasteiger partial charge on any atom is -0.301 e. The Morgan fingerprint density at radius 3 is 3.00 bits per heavy atom. The molecule has 0 saturated carbocycles. The van der Waals surface area contributed by atoms with Gasteiger partial charge in [0, 0.05) is 22.8 Å². The van der Waals surface area contributed by atoms with Crippen LogP contribution in [0, 0.1) is 0 Å². The Bertz CT molecular complexity index is 415. The van der Waals surface area contributed by atoms with Crippen LogP contribution in [-0.2, 0) is 19.4 Å². The van der Waals surface area contributed by atoms with Crippen molar-refractivity contribution in [2.75, 3.05) is 13.6 Å². The van der Waals surface area contributed by atoms with Gasteiger partial charge in [-0.3, -0.25) is 0 Å². The molecule has 0 N–H and O–H groups in total. The fraction of sp³-hybridized carbons (Fsp3) is 0.429. The van der Waals surface area contributed by atoms with Gasteiger partial charge in [-0.1, -0.05) is 25.7 Å². The molecule has 0 fully saturated rings. The minimum absolute atomic E-state index is 1.12. The van der Waals surface area contributed by atoms with Gasteiger partial charge in [-0.05, 0) is 37.1 Å². The second-order valence-corrected chi connectivity index (χ2v) is 5.42. The number of rotatable bonds is 3. The summed E-state index contributed by atoms with van der Waals surface area (Å²) in [5, 5.41) is 0. The van der Waals surface area contributed by atoms with Gasteiger partial charge in [0.2, 0.25) is 0 Å². The van der Waals surface area contributed by atoms with Crippen molar-refractivity contribution in [1.82, 2.24) is 4.90 Å². The van der Waals surface area contributed by atoms with Crippen LogP contribution in [0.1, 0.15) is 27.8 Å². The first-order chi connectivity index (χ1) is 7.76. The highest BCUT2D eigenvalue weighted by Gasteiger charge is 2.20. The van der Waals surface area contributed by atoms with Crippen LogP contribution >= 0.6 is 11.3 Å². The molecular formula is C14H19NS. The summed E-state index contributed by atoms with van der Waals surface area (Å²) >= 11 is 1.95. The van der Waals surface area contributed by atoms with Crippen LogP contribution in [0.25, 0.3) is 6.08 Å². The SMILES string of the molecule is C=CC=Cc1sc2c(c1CC)CCN(C)C2. The summed E-state index contributed by atoms with van der Waals surface area (Å²) in [6, 6.07) is 0. The molecule has 1 aliphatic heterocycles. The van der Waals surface area contributed by atoms with E-state index < -0.39 is 0 Å². The third kappa shape index (κ3) is 2.13. The molecule has 86 valence electrons. The van der Waals surface area contributed by atoms with E-state index in [0.717, 1.165) is 13.0 Å². The van der Waals surface area contributed by atoms with Crippen LogP contribution in [0.4, 0.5) is 0 Å². The molecular weight excluding hydrogens is 214 g/mol. The molecule has 0 atom stereocenters. The van der Waals surface area contributed by atoms with Crippen LogP contribution in [0.3, 0.4) is 0 Å². The van der Waals surface area contributed by atoms with Crippen LogP contribution in [0.15, 0.2) is 18.7 Å². The number of hydrogen-bond donors (Lipinski definition) is 0. The van der Waals surface area contributed by atoms with Gasteiger partial charge in [-0.15, -0.1) is 11.3 Å². The molecule has 1 nitrogen and oxygen atoms in total. The first-order valence-electron chi connectivity index (χ1n) is 5.87. The normalized spacial score (nSPS) is 16.6. The van der Waals surface area contributed by atoms with Crippen LogP contribution < -0.4 is 0 Å². The van der Waals surface area contributed by atoms with Crippen LogP contribution in [0.2, 0.25) is 0 Å². The summed E-state index contributed by atoms with van der Waals surface area (Å²) in [5.74, 6) is 0. The van der Waals surface area contributed by atoms with Crippen molar-refractivity contribution in [1.29, 1.82) is 0 Å². The van der Waals surface area contributed by atoms with E-state index in [1.807, 2.05) is 23.5 Å². The molecule has 2 heterocycles. The predicted octanol–water partition coefficient (Wildman–Crippen LogP) is 3.50. The molecule has 1 aliphatic rings. The van der Waals surface area contributed by atoms with E-state index in [1.54, 1.807) is 16.0 Å². The zero-order valence-corrected chi connectivity index (χ0v) is 10.9. The Morgan fingerprint density at radius 1 is 1.50 bits per heavy atom. The largest absolute Gasteiger partial charge is 0.301 e. The fourth-order valence-corrected chi connectivity index (χ4v) is 3.73. The lowest BCUT2D eigenvalue weighted by Crippen LogP contribution is -2.25. The van der Waals surface area contributed by atoms with Crippen molar-refractivity contribution >= 4 is 17.4 Å². The van der Waals surface area contributed by atoms with E-state index in [4.69, 9.17) is 0 Å². The summed E-state index contributed by atoms with van der Waals surface area (Å²) in [4.78, 5) is 5.40. The molecule has 0 amide bonds. The maximum atomic E-state index is 3.73. The smallest absolute Gasteiger partial charge is 0.0328 e. The van der Waals surface area contributed by atoms with Gasteiger partial charge in [-0.25, -0.2) is 0 Å². The monoisotopic (exact) mass is 233 g/mol. The number of nitrogens with zero attached hydrogens (tertiary/aromatic N) is 1. The quantitative estimate of drug-likeness (QED) is 0.722. The van der Waals surface area contributed by atoms with Crippen LogP contribution in [0.5, 0.6) is 0 Å². The summed E-state index contributed by atoms with van der Waals surface area (Å²) in [7, 11) is 2.20. The molecule has 2 heteroatoms. The van der Waals surface area contributed by atoms with Gasteiger partial charge in [-0.2, -0.15) is 0 Å². The zero-order chi connectivity index (χ0) is 11.5. The Labute approximate surface area is 102 Å². The van der Waals surface area contributed by atoms with Gasteiger partial charge >= 0.3 is 0 Å². The number of hydrogen-bond acceptors (Lipinski definition) is 2. The molecule has 2 rings (SSSR count). The molecule has 0 unspecified atom stereocenters. The summed E-state index contributed by atoms with van der Waals surface area (Å²) in [6.07, 6.45) is 8.46. The Balaban J connectivity index is 2.39. The maximum Gasteiger partial charge on any atom is 0.0328 e. The average Bonchev–Trinajstić information content (AvgIpc) is 2.62. The third-order valence-electron chi connectivity index (χ3n) is 3.13. The second kappa shape index (κ2) is 4.98. The van der Waals surface area contributed by atoms with E-state index in [0.29, 0.717) is 0 Å². The highest BCUT2D eigenvalue weighted by molar-refractivity contribution is 7.13. The van der Waals surface area contributed by atoms with E-state index in [9.17, 15) is 0 Å². The van der Waals surface area contributed by atoms with Gasteiger partial charge in [0.05, 0.1) is 0 Å². The lowest BCUT2D eigenvalue weighted by molar-refractivity contribution is 0.316. The molecule has 0 radical (unpaired) electrons.